The van der Waals surface area contributed by atoms with Crippen LogP contribution in [0.1, 0.15) is 38.5 Å². The predicted molar refractivity (Wildman–Crippen MR) is 71.1 cm³/mol. The van der Waals surface area contributed by atoms with Crippen molar-refractivity contribution in [2.45, 2.75) is 48.4 Å². The summed E-state index contributed by atoms with van der Waals surface area (Å²) in [4.78, 5) is 4.33. The van der Waals surface area contributed by atoms with Gasteiger partial charge in [-0.25, -0.2) is 0 Å². The molecule has 3 nitrogen and oxygen atoms in total. The van der Waals surface area contributed by atoms with Gasteiger partial charge in [0, 0.05) is 16.3 Å². The molecule has 0 saturated heterocycles. The maximum absolute atomic E-state index is 5.68. The van der Waals surface area contributed by atoms with Crippen LogP contribution in [-0.2, 0) is 0 Å². The molecule has 0 amide bonds. The van der Waals surface area contributed by atoms with E-state index in [4.69, 9.17) is 5.73 Å². The lowest BCUT2D eigenvalue weighted by Crippen LogP contribution is -2.48. The molecule has 4 bridgehead atoms. The Morgan fingerprint density at radius 3 is 2.18 bits per heavy atom. The van der Waals surface area contributed by atoms with E-state index in [-0.39, 0.29) is 0 Å². The lowest BCUT2D eigenvalue weighted by Gasteiger charge is -2.56. The summed E-state index contributed by atoms with van der Waals surface area (Å²) in [5.41, 5.74) is 5.68. The van der Waals surface area contributed by atoms with Crippen LogP contribution in [0.4, 0.5) is 5.13 Å². The smallest absolute Gasteiger partial charge is 0.202 e. The first-order chi connectivity index (χ1) is 8.21. The molecule has 4 aliphatic rings. The molecular weight excluding hydrogens is 250 g/mol. The molecule has 4 aliphatic carbocycles. The average Bonchev–Trinajstić information content (AvgIpc) is 2.60. The normalized spacial score (nSPS) is 43.2. The molecule has 5 heteroatoms. The first-order valence-corrected chi connectivity index (χ1v) is 8.08. The van der Waals surface area contributed by atoms with E-state index in [0.29, 0.717) is 9.88 Å². The summed E-state index contributed by atoms with van der Waals surface area (Å²) >= 11 is 3.26. The Kier molecular flexibility index (Phi) is 2.25. The lowest BCUT2D eigenvalue weighted by molar-refractivity contribution is 0.0382. The molecule has 0 spiro atoms. The number of rotatable bonds is 2. The van der Waals surface area contributed by atoms with Crippen LogP contribution in [0, 0.1) is 17.8 Å². The summed E-state index contributed by atoms with van der Waals surface area (Å²) in [7, 11) is 0. The standard InChI is InChI=1S/C12H17N3S2/c13-10-14-11(15-17-10)16-12-4-7-1-8(5-12)3-9(2-7)6-12/h7-9H,1-6H2,(H2,13,14,15). The molecule has 4 fully saturated rings. The fourth-order valence-corrected chi connectivity index (χ4v) is 6.76. The van der Waals surface area contributed by atoms with Crippen molar-refractivity contribution in [3.8, 4) is 0 Å². The molecule has 1 heterocycles. The second-order valence-electron chi connectivity index (χ2n) is 6.12. The minimum atomic E-state index is 0.461. The molecule has 0 aromatic carbocycles. The Hall–Kier alpha value is -0.290. The summed E-state index contributed by atoms with van der Waals surface area (Å²) in [6.45, 7) is 0. The molecule has 1 aromatic rings. The van der Waals surface area contributed by atoms with E-state index >= 15 is 0 Å². The number of thioether (sulfide) groups is 1. The predicted octanol–water partition coefficient (Wildman–Crippen LogP) is 3.18. The van der Waals surface area contributed by atoms with Gasteiger partial charge < -0.3 is 5.73 Å². The molecule has 2 N–H and O–H groups in total. The van der Waals surface area contributed by atoms with Gasteiger partial charge in [0.1, 0.15) is 0 Å². The SMILES string of the molecule is Nc1nc(SC23CC4CC(CC(C4)C2)C3)ns1. The fourth-order valence-electron chi connectivity index (χ4n) is 4.61. The Morgan fingerprint density at radius 1 is 1.12 bits per heavy atom. The van der Waals surface area contributed by atoms with Gasteiger partial charge in [0.05, 0.1) is 0 Å². The zero-order chi connectivity index (χ0) is 11.5. The quantitative estimate of drug-likeness (QED) is 0.894. The number of hydrogen-bond acceptors (Lipinski definition) is 5. The summed E-state index contributed by atoms with van der Waals surface area (Å²) in [5.74, 6) is 2.97. The van der Waals surface area contributed by atoms with Crippen LogP contribution in [0.5, 0.6) is 0 Å². The third-order valence-electron chi connectivity index (χ3n) is 4.71. The lowest BCUT2D eigenvalue weighted by atomic mass is 9.56. The number of nitrogens with two attached hydrogens (primary N) is 1. The van der Waals surface area contributed by atoms with Crippen molar-refractivity contribution in [1.82, 2.24) is 9.36 Å². The molecule has 0 radical (unpaired) electrons. The largest absolute Gasteiger partial charge is 0.374 e. The highest BCUT2D eigenvalue weighted by Crippen LogP contribution is 2.61. The Labute approximate surface area is 110 Å². The third-order valence-corrected chi connectivity index (χ3v) is 6.67. The Bertz CT molecular complexity index is 407. The van der Waals surface area contributed by atoms with Crippen molar-refractivity contribution < 1.29 is 0 Å². The molecule has 0 aliphatic heterocycles. The van der Waals surface area contributed by atoms with Crippen LogP contribution in [-0.4, -0.2) is 14.1 Å². The highest BCUT2D eigenvalue weighted by Gasteiger charge is 2.51. The van der Waals surface area contributed by atoms with E-state index in [1.807, 2.05) is 11.8 Å². The highest BCUT2D eigenvalue weighted by atomic mass is 32.2. The summed E-state index contributed by atoms with van der Waals surface area (Å²) in [6, 6.07) is 0. The zero-order valence-electron chi connectivity index (χ0n) is 9.76. The molecule has 92 valence electrons. The Balaban J connectivity index is 1.60. The maximum atomic E-state index is 5.68. The number of nitrogens with zero attached hydrogens (tertiary/aromatic N) is 2. The first kappa shape index (κ1) is 10.6. The van der Waals surface area contributed by atoms with Gasteiger partial charge in [-0.05, 0) is 56.3 Å². The van der Waals surface area contributed by atoms with Crippen molar-refractivity contribution in [1.29, 1.82) is 0 Å². The van der Waals surface area contributed by atoms with Crippen molar-refractivity contribution in [2.24, 2.45) is 17.8 Å². The van der Waals surface area contributed by atoms with Gasteiger partial charge in [-0.1, -0.05) is 11.8 Å². The van der Waals surface area contributed by atoms with Crippen LogP contribution in [0.3, 0.4) is 0 Å². The summed E-state index contributed by atoms with van der Waals surface area (Å²) < 4.78 is 4.82. The maximum Gasteiger partial charge on any atom is 0.202 e. The number of anilines is 1. The van der Waals surface area contributed by atoms with Crippen molar-refractivity contribution in [2.75, 3.05) is 5.73 Å². The molecule has 5 rings (SSSR count). The molecule has 4 saturated carbocycles. The van der Waals surface area contributed by atoms with Crippen LogP contribution < -0.4 is 5.73 Å². The number of aromatic nitrogens is 2. The minimum Gasteiger partial charge on any atom is -0.374 e. The molecule has 0 atom stereocenters. The minimum absolute atomic E-state index is 0.461. The Morgan fingerprint density at radius 2 is 1.71 bits per heavy atom. The van der Waals surface area contributed by atoms with Gasteiger partial charge in [0.2, 0.25) is 10.3 Å². The monoisotopic (exact) mass is 267 g/mol. The van der Waals surface area contributed by atoms with Crippen LogP contribution >= 0.6 is 23.3 Å². The number of hydrogen-bond donors (Lipinski definition) is 1. The van der Waals surface area contributed by atoms with Gasteiger partial charge in [-0.15, -0.1) is 0 Å². The molecule has 17 heavy (non-hydrogen) atoms. The third kappa shape index (κ3) is 1.78. The van der Waals surface area contributed by atoms with Crippen LogP contribution in [0.2, 0.25) is 0 Å². The van der Waals surface area contributed by atoms with Crippen molar-refractivity contribution in [3.63, 3.8) is 0 Å². The van der Waals surface area contributed by atoms with Crippen LogP contribution in [0.15, 0.2) is 5.16 Å². The second-order valence-corrected chi connectivity index (χ2v) is 8.34. The van der Waals surface area contributed by atoms with Crippen LogP contribution in [0.25, 0.3) is 0 Å². The zero-order valence-corrected chi connectivity index (χ0v) is 11.4. The van der Waals surface area contributed by atoms with Crippen molar-refractivity contribution >= 4 is 28.4 Å². The first-order valence-electron chi connectivity index (χ1n) is 6.49. The average molecular weight is 267 g/mol. The second kappa shape index (κ2) is 3.60. The van der Waals surface area contributed by atoms with E-state index in [1.54, 1.807) is 0 Å². The van der Waals surface area contributed by atoms with Gasteiger partial charge in [-0.2, -0.15) is 9.36 Å². The summed E-state index contributed by atoms with van der Waals surface area (Å²) in [6.07, 6.45) is 8.65. The van der Waals surface area contributed by atoms with E-state index in [9.17, 15) is 0 Å². The fraction of sp³-hybridized carbons (Fsp3) is 0.833. The van der Waals surface area contributed by atoms with E-state index in [0.717, 1.165) is 22.9 Å². The molecular formula is C12H17N3S2. The number of nitrogen functional groups attached to an aromatic ring is 1. The van der Waals surface area contributed by atoms with E-state index in [1.165, 1.54) is 50.1 Å². The van der Waals surface area contributed by atoms with Gasteiger partial charge >= 0.3 is 0 Å². The molecule has 0 unspecified atom stereocenters. The van der Waals surface area contributed by atoms with Gasteiger partial charge in [0.15, 0.2) is 0 Å². The van der Waals surface area contributed by atoms with E-state index in [2.05, 4.69) is 9.36 Å². The highest BCUT2D eigenvalue weighted by molar-refractivity contribution is 8.00. The van der Waals surface area contributed by atoms with Gasteiger partial charge in [-0.3, -0.25) is 0 Å². The van der Waals surface area contributed by atoms with E-state index < -0.39 is 0 Å². The van der Waals surface area contributed by atoms with Gasteiger partial charge in [0.25, 0.3) is 0 Å². The summed E-state index contributed by atoms with van der Waals surface area (Å²) in [5, 5.41) is 1.53. The topological polar surface area (TPSA) is 51.8 Å². The molecule has 1 aromatic heterocycles. The van der Waals surface area contributed by atoms with Crippen molar-refractivity contribution in [3.05, 3.63) is 0 Å².